The predicted octanol–water partition coefficient (Wildman–Crippen LogP) is 18.8. The smallest absolute Gasteiger partial charge is 0.0727 e. The third-order valence-corrected chi connectivity index (χ3v) is 14.9. The molecule has 0 saturated carbocycles. The van der Waals surface area contributed by atoms with E-state index in [0.717, 1.165) is 12.1 Å². The van der Waals surface area contributed by atoms with Crippen LogP contribution < -0.4 is 4.90 Å². The van der Waals surface area contributed by atoms with Crippen molar-refractivity contribution in [2.45, 2.75) is 34.1 Å². The van der Waals surface area contributed by atoms with E-state index in [1.807, 2.05) is 40.9 Å². The Bertz CT molecular complexity index is 3430. The zero-order valence-corrected chi connectivity index (χ0v) is 39.5. The Labute approximate surface area is 397 Å². The summed E-state index contributed by atoms with van der Waals surface area (Å²) in [6.45, 7) is 8.77. The topological polar surface area (TPSA) is 3.24 Å². The lowest BCUT2D eigenvalue weighted by Crippen LogP contribution is -2.11. The molecule has 0 radical (unpaired) electrons. The Morgan fingerprint density at radius 1 is 0.364 bits per heavy atom. The van der Waals surface area contributed by atoms with Gasteiger partial charge in [0.1, 0.15) is 0 Å². The highest BCUT2D eigenvalue weighted by Crippen LogP contribution is 2.56. The van der Waals surface area contributed by atoms with Crippen LogP contribution in [0.15, 0.2) is 224 Å². The van der Waals surface area contributed by atoms with Crippen molar-refractivity contribution in [3.05, 3.63) is 258 Å². The largest absolute Gasteiger partial charge is 0.306 e. The Hall–Kier alpha value is -7.30. The lowest BCUT2D eigenvalue weighted by Gasteiger charge is -2.28. The number of benzene rings is 9. The lowest BCUT2D eigenvalue weighted by molar-refractivity contribution is 1.19. The number of para-hydroxylation sites is 1. The number of aryl methyl sites for hydroxylation is 4. The van der Waals surface area contributed by atoms with E-state index >= 15 is 0 Å². The van der Waals surface area contributed by atoms with Crippen LogP contribution in [0.4, 0.5) is 17.1 Å². The van der Waals surface area contributed by atoms with Gasteiger partial charge in [0.25, 0.3) is 0 Å². The molecule has 320 valence electrons. The predicted molar refractivity (Wildman–Crippen MR) is 288 cm³/mol. The zero-order valence-electron chi connectivity index (χ0n) is 37.8. The highest BCUT2D eigenvalue weighted by Gasteiger charge is 2.28. The Morgan fingerprint density at radius 3 is 1.35 bits per heavy atom. The number of thiophene rings is 2. The van der Waals surface area contributed by atoms with Gasteiger partial charge in [-0.05, 0) is 132 Å². The van der Waals surface area contributed by atoms with Crippen molar-refractivity contribution in [2.24, 2.45) is 0 Å². The summed E-state index contributed by atoms with van der Waals surface area (Å²) in [6, 6.07) is 81.7. The molecule has 0 saturated heterocycles. The quantitative estimate of drug-likeness (QED) is 0.140. The number of hydrogen-bond donors (Lipinski definition) is 0. The van der Waals surface area contributed by atoms with E-state index in [2.05, 4.69) is 239 Å². The van der Waals surface area contributed by atoms with Gasteiger partial charge in [0.15, 0.2) is 0 Å². The summed E-state index contributed by atoms with van der Waals surface area (Å²) in [5, 5.41) is 2.49. The molecule has 3 heteroatoms. The molecule has 0 N–H and O–H groups in total. The number of rotatable bonds is 9. The average molecular weight is 886 g/mol. The standard InChI is InChI=1S/C56H43NS2.C7H8/c1-37-18-10-12-24-45(37)49-35-42(32-30-38(49)2)55-53(47-26-14-16-28-51(47)58-55)57(44-22-8-5-9-23-44)54-48-27-15-17-29-52(48)59-56(54)43-33-31-39(3)50(36-43)46-25-13-11-21-41(46)34-40-19-6-4-7-20-40;1-7-5-3-2-4-6-7/h4-33,35-36H,34H2,1-3H3;2-6H,1H3. The van der Waals surface area contributed by atoms with Gasteiger partial charge < -0.3 is 4.90 Å². The summed E-state index contributed by atoms with van der Waals surface area (Å²) < 4.78 is 2.54. The highest BCUT2D eigenvalue weighted by atomic mass is 32.1. The fraction of sp³-hybridized carbons (Fsp3) is 0.0794. The third kappa shape index (κ3) is 8.64. The molecule has 0 atom stereocenters. The molecule has 0 amide bonds. The van der Waals surface area contributed by atoms with Crippen molar-refractivity contribution in [1.29, 1.82) is 0 Å². The molecular formula is C63H51NS2. The molecule has 66 heavy (non-hydrogen) atoms. The van der Waals surface area contributed by atoms with E-state index in [-0.39, 0.29) is 0 Å². The van der Waals surface area contributed by atoms with Gasteiger partial charge >= 0.3 is 0 Å². The van der Waals surface area contributed by atoms with Gasteiger partial charge in [-0.3, -0.25) is 0 Å². The van der Waals surface area contributed by atoms with Gasteiger partial charge in [0.2, 0.25) is 0 Å². The van der Waals surface area contributed by atoms with Crippen LogP contribution in [0.25, 0.3) is 63.3 Å². The lowest BCUT2D eigenvalue weighted by atomic mass is 9.91. The van der Waals surface area contributed by atoms with Crippen LogP contribution in [0, 0.1) is 27.7 Å². The summed E-state index contributed by atoms with van der Waals surface area (Å²) in [4.78, 5) is 5.08. The minimum absolute atomic E-state index is 0.884. The first-order valence-corrected chi connectivity index (χ1v) is 24.3. The maximum absolute atomic E-state index is 2.57. The van der Waals surface area contributed by atoms with Gasteiger partial charge in [-0.25, -0.2) is 0 Å². The molecule has 0 aliphatic rings. The maximum atomic E-state index is 2.57. The van der Waals surface area contributed by atoms with Gasteiger partial charge in [-0.2, -0.15) is 0 Å². The van der Waals surface area contributed by atoms with Crippen molar-refractivity contribution < 1.29 is 0 Å². The second kappa shape index (κ2) is 19.0. The summed E-state index contributed by atoms with van der Waals surface area (Å²) in [6.07, 6.45) is 0.884. The molecule has 9 aromatic carbocycles. The number of hydrogen-bond acceptors (Lipinski definition) is 3. The number of anilines is 3. The second-order valence-electron chi connectivity index (χ2n) is 17.1. The van der Waals surface area contributed by atoms with Crippen molar-refractivity contribution in [1.82, 2.24) is 0 Å². The summed E-state index contributed by atoms with van der Waals surface area (Å²) in [5.74, 6) is 0. The number of fused-ring (bicyclic) bond motifs is 2. The molecule has 0 aliphatic heterocycles. The van der Waals surface area contributed by atoms with Crippen molar-refractivity contribution >= 4 is 59.9 Å². The van der Waals surface area contributed by atoms with E-state index in [0.29, 0.717) is 0 Å². The second-order valence-corrected chi connectivity index (χ2v) is 19.2. The van der Waals surface area contributed by atoms with Crippen LogP contribution in [0.5, 0.6) is 0 Å². The van der Waals surface area contributed by atoms with E-state index in [9.17, 15) is 0 Å². The van der Waals surface area contributed by atoms with E-state index < -0.39 is 0 Å². The van der Waals surface area contributed by atoms with Gasteiger partial charge in [0.05, 0.1) is 21.1 Å². The van der Waals surface area contributed by atoms with Crippen molar-refractivity contribution in [3.63, 3.8) is 0 Å². The molecule has 2 aromatic heterocycles. The van der Waals surface area contributed by atoms with Crippen LogP contribution in [0.2, 0.25) is 0 Å². The monoisotopic (exact) mass is 885 g/mol. The van der Waals surface area contributed by atoms with Gasteiger partial charge in [-0.1, -0.05) is 194 Å². The minimum Gasteiger partial charge on any atom is -0.306 e. The van der Waals surface area contributed by atoms with Crippen LogP contribution >= 0.6 is 22.7 Å². The molecule has 0 spiro atoms. The molecule has 0 fully saturated rings. The first-order valence-electron chi connectivity index (χ1n) is 22.7. The fourth-order valence-corrected chi connectivity index (χ4v) is 11.5. The van der Waals surface area contributed by atoms with E-state index in [1.165, 1.54) is 108 Å². The summed E-state index contributed by atoms with van der Waals surface area (Å²) >= 11 is 3.77. The maximum Gasteiger partial charge on any atom is 0.0727 e. The van der Waals surface area contributed by atoms with Gasteiger partial charge in [0, 0.05) is 25.9 Å². The zero-order chi connectivity index (χ0) is 45.0. The number of nitrogens with zero attached hydrogens (tertiary/aromatic N) is 1. The van der Waals surface area contributed by atoms with Crippen LogP contribution in [-0.4, -0.2) is 0 Å². The Balaban J connectivity index is 0.000000670. The van der Waals surface area contributed by atoms with Crippen LogP contribution in [0.3, 0.4) is 0 Å². The first kappa shape index (κ1) is 42.6. The van der Waals surface area contributed by atoms with Crippen LogP contribution in [-0.2, 0) is 6.42 Å². The average Bonchev–Trinajstić information content (AvgIpc) is 3.93. The SMILES string of the molecule is Cc1ccccc1.Cc1ccccc1-c1cc(-c2sc3ccccc3c2N(c2ccccc2)c2c(-c3ccc(C)c(-c4ccccc4Cc4ccccc4)c3)sc3ccccc23)ccc1C. The molecule has 0 bridgehead atoms. The first-order chi connectivity index (χ1) is 32.4. The third-order valence-electron chi connectivity index (χ3n) is 12.5. The molecule has 0 unspecified atom stereocenters. The molecule has 2 heterocycles. The fourth-order valence-electron chi connectivity index (χ4n) is 9.12. The Morgan fingerprint density at radius 2 is 0.803 bits per heavy atom. The normalized spacial score (nSPS) is 11.1. The van der Waals surface area contributed by atoms with E-state index in [1.54, 1.807) is 0 Å². The minimum atomic E-state index is 0.884. The molecule has 11 aromatic rings. The molecule has 1 nitrogen and oxygen atoms in total. The van der Waals surface area contributed by atoms with Gasteiger partial charge in [-0.15, -0.1) is 22.7 Å². The summed E-state index contributed by atoms with van der Waals surface area (Å²) in [7, 11) is 0. The highest BCUT2D eigenvalue weighted by molar-refractivity contribution is 7.23. The van der Waals surface area contributed by atoms with Crippen molar-refractivity contribution in [3.8, 4) is 43.1 Å². The van der Waals surface area contributed by atoms with Crippen molar-refractivity contribution in [2.75, 3.05) is 4.90 Å². The van der Waals surface area contributed by atoms with E-state index in [4.69, 9.17) is 0 Å². The molecule has 0 aliphatic carbocycles. The molecular weight excluding hydrogens is 835 g/mol. The van der Waals surface area contributed by atoms with Crippen LogP contribution in [0.1, 0.15) is 33.4 Å². The molecule has 11 rings (SSSR count). The Kier molecular flexibility index (Phi) is 12.3. The summed E-state index contributed by atoms with van der Waals surface area (Å²) in [5.41, 5.74) is 18.9.